The number of hydrogen-bond donors (Lipinski definition) is 3. The number of benzene rings is 1. The van der Waals surface area contributed by atoms with E-state index in [0.717, 1.165) is 31.7 Å². The van der Waals surface area contributed by atoms with Gasteiger partial charge in [-0.3, -0.25) is 4.90 Å². The summed E-state index contributed by atoms with van der Waals surface area (Å²) < 4.78 is 0. The number of hydrogen-bond acceptors (Lipinski definition) is 5. The minimum Gasteiger partial charge on any atom is -0.508 e. The standard InChI is InChI=1S/C15H18N2O2S/c18-11-3-4-13(19)12(10-11)15(14-2-1-9-20-14)17-7-5-16-6-8-17/h1-4,9-10,15-16,18-19H,5-8H2/t15-/m1/s1. The zero-order chi connectivity index (χ0) is 13.9. The van der Waals surface area contributed by atoms with Gasteiger partial charge in [0, 0.05) is 36.6 Å². The first-order chi connectivity index (χ1) is 9.75. The zero-order valence-corrected chi connectivity index (χ0v) is 11.9. The Bertz CT molecular complexity index is 565. The van der Waals surface area contributed by atoms with Gasteiger partial charge in [-0.2, -0.15) is 0 Å². The Morgan fingerprint density at radius 1 is 1.15 bits per heavy atom. The summed E-state index contributed by atoms with van der Waals surface area (Å²) in [5, 5.41) is 25.3. The van der Waals surface area contributed by atoms with Crippen LogP contribution in [0.15, 0.2) is 35.7 Å². The normalized spacial score (nSPS) is 18.0. The van der Waals surface area contributed by atoms with Gasteiger partial charge >= 0.3 is 0 Å². The maximum Gasteiger partial charge on any atom is 0.121 e. The van der Waals surface area contributed by atoms with Crippen LogP contribution in [-0.2, 0) is 0 Å². The predicted octanol–water partition coefficient (Wildman–Crippen LogP) is 2.15. The monoisotopic (exact) mass is 290 g/mol. The third-order valence-corrected chi connectivity index (χ3v) is 4.56. The first kappa shape index (κ1) is 13.4. The number of rotatable bonds is 3. The fourth-order valence-corrected chi connectivity index (χ4v) is 3.55. The largest absolute Gasteiger partial charge is 0.508 e. The number of phenols is 2. The summed E-state index contributed by atoms with van der Waals surface area (Å²) in [6.45, 7) is 3.75. The molecular weight excluding hydrogens is 272 g/mol. The molecule has 0 aliphatic carbocycles. The molecule has 0 radical (unpaired) electrons. The van der Waals surface area contributed by atoms with Gasteiger partial charge in [-0.25, -0.2) is 0 Å². The van der Waals surface area contributed by atoms with Crippen LogP contribution in [0.25, 0.3) is 0 Å². The first-order valence-corrected chi connectivity index (χ1v) is 7.64. The molecule has 1 aromatic heterocycles. The maximum atomic E-state index is 10.2. The van der Waals surface area contributed by atoms with E-state index in [0.29, 0.717) is 0 Å². The highest BCUT2D eigenvalue weighted by Gasteiger charge is 2.27. The second kappa shape index (κ2) is 5.83. The molecule has 20 heavy (non-hydrogen) atoms. The van der Waals surface area contributed by atoms with Gasteiger partial charge < -0.3 is 15.5 Å². The average Bonchev–Trinajstić information content (AvgIpc) is 2.98. The quantitative estimate of drug-likeness (QED) is 0.758. The van der Waals surface area contributed by atoms with Crippen LogP contribution in [0, 0.1) is 0 Å². The number of phenolic OH excluding ortho intramolecular Hbond substituents is 2. The van der Waals surface area contributed by atoms with Crippen LogP contribution in [0.2, 0.25) is 0 Å². The molecule has 1 saturated heterocycles. The topological polar surface area (TPSA) is 55.7 Å². The molecule has 1 fully saturated rings. The molecule has 0 spiro atoms. The van der Waals surface area contributed by atoms with E-state index in [1.165, 1.54) is 10.9 Å². The second-order valence-electron chi connectivity index (χ2n) is 4.95. The van der Waals surface area contributed by atoms with Crippen LogP contribution in [0.4, 0.5) is 0 Å². The fraction of sp³-hybridized carbons (Fsp3) is 0.333. The van der Waals surface area contributed by atoms with Gasteiger partial charge in [0.15, 0.2) is 0 Å². The van der Waals surface area contributed by atoms with Crippen LogP contribution in [-0.4, -0.2) is 41.3 Å². The SMILES string of the molecule is Oc1ccc(O)c([C@H](c2cccs2)N2CCNCC2)c1. The molecule has 3 rings (SSSR count). The summed E-state index contributed by atoms with van der Waals surface area (Å²) >= 11 is 1.68. The first-order valence-electron chi connectivity index (χ1n) is 6.76. The van der Waals surface area contributed by atoms with Crippen molar-refractivity contribution in [3.63, 3.8) is 0 Å². The summed E-state index contributed by atoms with van der Waals surface area (Å²) in [5.74, 6) is 0.425. The number of nitrogens with zero attached hydrogens (tertiary/aromatic N) is 1. The molecular formula is C15H18N2O2S. The van der Waals surface area contributed by atoms with E-state index in [2.05, 4.69) is 16.3 Å². The third-order valence-electron chi connectivity index (χ3n) is 3.64. The summed E-state index contributed by atoms with van der Waals surface area (Å²) in [5.41, 5.74) is 0.773. The van der Waals surface area contributed by atoms with E-state index in [4.69, 9.17) is 0 Å². The maximum absolute atomic E-state index is 10.2. The van der Waals surface area contributed by atoms with Crippen molar-refractivity contribution >= 4 is 11.3 Å². The Labute approximate surface area is 122 Å². The molecule has 0 bridgehead atoms. The Hall–Kier alpha value is -1.56. The summed E-state index contributed by atoms with van der Waals surface area (Å²) in [7, 11) is 0. The van der Waals surface area contributed by atoms with Crippen LogP contribution in [0.1, 0.15) is 16.5 Å². The van der Waals surface area contributed by atoms with E-state index in [1.807, 2.05) is 11.4 Å². The Kier molecular flexibility index (Phi) is 3.91. The highest BCUT2D eigenvalue weighted by atomic mass is 32.1. The van der Waals surface area contributed by atoms with Gasteiger partial charge in [0.2, 0.25) is 0 Å². The van der Waals surface area contributed by atoms with Crippen molar-refractivity contribution in [1.82, 2.24) is 10.2 Å². The lowest BCUT2D eigenvalue weighted by Crippen LogP contribution is -2.45. The molecule has 2 heterocycles. The minimum absolute atomic E-state index is 0.00389. The molecule has 3 N–H and O–H groups in total. The lowest BCUT2D eigenvalue weighted by Gasteiger charge is -2.35. The summed E-state index contributed by atoms with van der Waals surface area (Å²) in [6.07, 6.45) is 0. The molecule has 0 amide bonds. The molecule has 1 atom stereocenters. The van der Waals surface area contributed by atoms with Crippen molar-refractivity contribution in [1.29, 1.82) is 0 Å². The Balaban J connectivity index is 2.02. The van der Waals surface area contributed by atoms with E-state index >= 15 is 0 Å². The van der Waals surface area contributed by atoms with Crippen LogP contribution in [0.5, 0.6) is 11.5 Å². The van der Waals surface area contributed by atoms with Crippen molar-refractivity contribution in [3.05, 3.63) is 46.2 Å². The van der Waals surface area contributed by atoms with Crippen LogP contribution >= 0.6 is 11.3 Å². The molecule has 1 aromatic carbocycles. The Morgan fingerprint density at radius 2 is 1.95 bits per heavy atom. The van der Waals surface area contributed by atoms with Crippen molar-refractivity contribution < 1.29 is 10.2 Å². The van der Waals surface area contributed by atoms with Crippen molar-refractivity contribution in [3.8, 4) is 11.5 Å². The lowest BCUT2D eigenvalue weighted by molar-refractivity contribution is 0.198. The van der Waals surface area contributed by atoms with Crippen molar-refractivity contribution in [2.24, 2.45) is 0 Å². The molecule has 0 saturated carbocycles. The van der Waals surface area contributed by atoms with Gasteiger partial charge in [-0.1, -0.05) is 6.07 Å². The summed E-state index contributed by atoms with van der Waals surface area (Å²) in [6, 6.07) is 8.86. The predicted molar refractivity (Wildman–Crippen MR) is 80.4 cm³/mol. The van der Waals surface area contributed by atoms with Gasteiger partial charge in [-0.05, 0) is 29.6 Å². The van der Waals surface area contributed by atoms with Crippen molar-refractivity contribution in [2.45, 2.75) is 6.04 Å². The molecule has 4 nitrogen and oxygen atoms in total. The molecule has 2 aromatic rings. The highest BCUT2D eigenvalue weighted by Crippen LogP contribution is 2.38. The van der Waals surface area contributed by atoms with Crippen molar-refractivity contribution in [2.75, 3.05) is 26.2 Å². The molecule has 5 heteroatoms. The van der Waals surface area contributed by atoms with Crippen LogP contribution in [0.3, 0.4) is 0 Å². The van der Waals surface area contributed by atoms with Gasteiger partial charge in [0.05, 0.1) is 6.04 Å². The van der Waals surface area contributed by atoms with Gasteiger partial charge in [0.1, 0.15) is 11.5 Å². The van der Waals surface area contributed by atoms with E-state index in [-0.39, 0.29) is 17.5 Å². The van der Waals surface area contributed by atoms with Crippen LogP contribution < -0.4 is 5.32 Å². The summed E-state index contributed by atoms with van der Waals surface area (Å²) in [4.78, 5) is 3.53. The molecule has 106 valence electrons. The van der Waals surface area contributed by atoms with Gasteiger partial charge in [-0.15, -0.1) is 11.3 Å². The molecule has 0 unspecified atom stereocenters. The average molecular weight is 290 g/mol. The minimum atomic E-state index is 0.00389. The van der Waals surface area contributed by atoms with E-state index in [9.17, 15) is 10.2 Å². The van der Waals surface area contributed by atoms with Gasteiger partial charge in [0.25, 0.3) is 0 Å². The smallest absolute Gasteiger partial charge is 0.121 e. The van der Waals surface area contributed by atoms with E-state index < -0.39 is 0 Å². The van der Waals surface area contributed by atoms with E-state index in [1.54, 1.807) is 23.5 Å². The lowest BCUT2D eigenvalue weighted by atomic mass is 10.0. The molecule has 1 aliphatic heterocycles. The number of piperazine rings is 1. The Morgan fingerprint density at radius 3 is 2.65 bits per heavy atom. The highest BCUT2D eigenvalue weighted by molar-refractivity contribution is 7.10. The number of thiophene rings is 1. The second-order valence-corrected chi connectivity index (χ2v) is 5.93. The third kappa shape index (κ3) is 2.65. The number of aromatic hydroxyl groups is 2. The molecule has 1 aliphatic rings. The fourth-order valence-electron chi connectivity index (χ4n) is 2.68. The zero-order valence-electron chi connectivity index (χ0n) is 11.1. The number of nitrogens with one attached hydrogen (secondary N) is 1.